The van der Waals surface area contributed by atoms with E-state index in [0.29, 0.717) is 4.90 Å². The number of sulfonamides is 1. The summed E-state index contributed by atoms with van der Waals surface area (Å²) in [7, 11) is -1.96. The highest BCUT2D eigenvalue weighted by atomic mass is 79.9. The van der Waals surface area contributed by atoms with E-state index < -0.39 is 10.0 Å². The van der Waals surface area contributed by atoms with Gasteiger partial charge >= 0.3 is 0 Å². The quantitative estimate of drug-likeness (QED) is 0.829. The summed E-state index contributed by atoms with van der Waals surface area (Å²) in [6.07, 6.45) is 3.33. The van der Waals surface area contributed by atoms with Crippen molar-refractivity contribution >= 4 is 26.0 Å². The minimum atomic E-state index is -3.56. The van der Waals surface area contributed by atoms with Crippen LogP contribution in [-0.2, 0) is 10.0 Å². The van der Waals surface area contributed by atoms with E-state index in [-0.39, 0.29) is 6.04 Å². The van der Waals surface area contributed by atoms with Crippen LogP contribution >= 0.6 is 15.9 Å². The molecule has 0 spiro atoms. The summed E-state index contributed by atoms with van der Waals surface area (Å²) in [6, 6.07) is 8.65. The predicted octanol–water partition coefficient (Wildman–Crippen LogP) is 3.53. The molecule has 0 fully saturated rings. The molecule has 4 nitrogen and oxygen atoms in total. The van der Waals surface area contributed by atoms with E-state index in [0.717, 1.165) is 15.6 Å². The summed E-state index contributed by atoms with van der Waals surface area (Å²) in [5, 5.41) is 0. The van der Waals surface area contributed by atoms with Crippen LogP contribution in [0.5, 0.6) is 0 Å². The zero-order valence-corrected chi connectivity index (χ0v) is 14.5. The van der Waals surface area contributed by atoms with E-state index in [2.05, 4.69) is 20.9 Å². The molecule has 21 heavy (non-hydrogen) atoms. The van der Waals surface area contributed by atoms with Crippen LogP contribution < -0.4 is 0 Å². The molecule has 1 aromatic carbocycles. The zero-order valence-electron chi connectivity index (χ0n) is 12.1. The lowest BCUT2D eigenvalue weighted by atomic mass is 10.1. The lowest BCUT2D eigenvalue weighted by molar-refractivity contribution is 0.398. The van der Waals surface area contributed by atoms with E-state index in [4.69, 9.17) is 0 Å². The highest BCUT2D eigenvalue weighted by molar-refractivity contribution is 9.10. The molecule has 1 aromatic heterocycles. The Morgan fingerprint density at radius 3 is 2.43 bits per heavy atom. The van der Waals surface area contributed by atoms with Gasteiger partial charge < -0.3 is 0 Å². The smallest absolute Gasteiger partial charge is 0.243 e. The molecule has 0 aliphatic heterocycles. The zero-order chi connectivity index (χ0) is 15.6. The highest BCUT2D eigenvalue weighted by Crippen LogP contribution is 2.28. The fraction of sp³-hybridized carbons (Fsp3) is 0.267. The Labute approximate surface area is 134 Å². The fourth-order valence-electron chi connectivity index (χ4n) is 2.07. The second kappa shape index (κ2) is 6.25. The fourth-order valence-corrected chi connectivity index (χ4v) is 4.18. The number of aromatic nitrogens is 1. The van der Waals surface area contributed by atoms with Gasteiger partial charge in [-0.3, -0.25) is 4.98 Å². The van der Waals surface area contributed by atoms with Crippen molar-refractivity contribution in [3.05, 3.63) is 58.3 Å². The largest absolute Gasteiger partial charge is 0.265 e. The first kappa shape index (κ1) is 16.1. The Hall–Kier alpha value is -1.24. The lowest BCUT2D eigenvalue weighted by Gasteiger charge is -2.25. The van der Waals surface area contributed by atoms with Gasteiger partial charge in [0.2, 0.25) is 10.0 Å². The minimum absolute atomic E-state index is 0.267. The van der Waals surface area contributed by atoms with Crippen molar-refractivity contribution in [1.29, 1.82) is 0 Å². The van der Waals surface area contributed by atoms with Crippen LogP contribution in [0.3, 0.4) is 0 Å². The first-order chi connectivity index (χ1) is 9.84. The van der Waals surface area contributed by atoms with Gasteiger partial charge in [-0.05, 0) is 49.2 Å². The molecule has 0 saturated carbocycles. The van der Waals surface area contributed by atoms with Gasteiger partial charge in [-0.15, -0.1) is 0 Å². The molecule has 0 amide bonds. The Bertz CT molecular complexity index is 733. The first-order valence-electron chi connectivity index (χ1n) is 6.48. The third-order valence-corrected chi connectivity index (χ3v) is 6.10. The molecular weight excluding hydrogens is 352 g/mol. The third-order valence-electron chi connectivity index (χ3n) is 3.54. The topological polar surface area (TPSA) is 50.3 Å². The van der Waals surface area contributed by atoms with Gasteiger partial charge in [-0.25, -0.2) is 8.42 Å². The van der Waals surface area contributed by atoms with Crippen molar-refractivity contribution in [1.82, 2.24) is 9.29 Å². The molecule has 0 N–H and O–H groups in total. The molecular formula is C15H17BrN2O2S. The maximum Gasteiger partial charge on any atom is 0.243 e. The summed E-state index contributed by atoms with van der Waals surface area (Å²) in [5.41, 5.74) is 1.63. The number of benzene rings is 1. The van der Waals surface area contributed by atoms with E-state index in [1.807, 2.05) is 25.1 Å². The van der Waals surface area contributed by atoms with Gasteiger partial charge in [0.1, 0.15) is 0 Å². The van der Waals surface area contributed by atoms with Gasteiger partial charge in [0.05, 0.1) is 4.90 Å². The predicted molar refractivity (Wildman–Crippen MR) is 86.5 cm³/mol. The van der Waals surface area contributed by atoms with Crippen molar-refractivity contribution < 1.29 is 8.42 Å². The van der Waals surface area contributed by atoms with E-state index >= 15 is 0 Å². The molecule has 1 atom stereocenters. The van der Waals surface area contributed by atoms with Crippen LogP contribution in [0.15, 0.2) is 52.1 Å². The first-order valence-corrected chi connectivity index (χ1v) is 8.71. The van der Waals surface area contributed by atoms with Gasteiger partial charge in [0, 0.05) is 30.0 Å². The van der Waals surface area contributed by atoms with Crippen LogP contribution in [0, 0.1) is 6.92 Å². The number of pyridine rings is 1. The summed E-state index contributed by atoms with van der Waals surface area (Å²) < 4.78 is 27.8. The number of nitrogens with zero attached hydrogens (tertiary/aromatic N) is 2. The molecule has 2 rings (SSSR count). The number of hydrogen-bond acceptors (Lipinski definition) is 3. The summed E-state index contributed by atoms with van der Waals surface area (Å²) in [6.45, 7) is 3.66. The van der Waals surface area contributed by atoms with Crippen LogP contribution in [0.2, 0.25) is 0 Å². The Balaban J connectivity index is 2.41. The van der Waals surface area contributed by atoms with Crippen LogP contribution in [0.25, 0.3) is 0 Å². The second-order valence-corrected chi connectivity index (χ2v) is 7.77. The van der Waals surface area contributed by atoms with E-state index in [9.17, 15) is 8.42 Å². The number of rotatable bonds is 4. The van der Waals surface area contributed by atoms with Gasteiger partial charge in [0.25, 0.3) is 0 Å². The molecule has 0 aliphatic rings. The van der Waals surface area contributed by atoms with Crippen molar-refractivity contribution in [3.63, 3.8) is 0 Å². The van der Waals surface area contributed by atoms with Crippen molar-refractivity contribution in [2.45, 2.75) is 24.8 Å². The molecule has 0 bridgehead atoms. The van der Waals surface area contributed by atoms with E-state index in [1.165, 1.54) is 4.31 Å². The average molecular weight is 369 g/mol. The third kappa shape index (κ3) is 3.33. The van der Waals surface area contributed by atoms with Crippen LogP contribution in [-0.4, -0.2) is 24.8 Å². The number of hydrogen-bond donors (Lipinski definition) is 0. The summed E-state index contributed by atoms with van der Waals surface area (Å²) in [5.74, 6) is 0. The van der Waals surface area contributed by atoms with Crippen molar-refractivity contribution in [2.24, 2.45) is 0 Å². The molecule has 0 saturated heterocycles. The minimum Gasteiger partial charge on any atom is -0.265 e. The lowest BCUT2D eigenvalue weighted by Crippen LogP contribution is -2.30. The molecule has 0 aliphatic carbocycles. The van der Waals surface area contributed by atoms with Crippen molar-refractivity contribution in [2.75, 3.05) is 7.05 Å². The monoisotopic (exact) mass is 368 g/mol. The maximum absolute atomic E-state index is 12.8. The van der Waals surface area contributed by atoms with Crippen LogP contribution in [0.4, 0.5) is 0 Å². The SMILES string of the molecule is Cc1ccc(Br)cc1S(=O)(=O)N(C)C(C)c1ccncc1. The molecule has 6 heteroatoms. The molecule has 2 aromatic rings. The Morgan fingerprint density at radius 1 is 1.19 bits per heavy atom. The van der Waals surface area contributed by atoms with Crippen molar-refractivity contribution in [3.8, 4) is 0 Å². The highest BCUT2D eigenvalue weighted by Gasteiger charge is 2.27. The molecule has 0 radical (unpaired) electrons. The molecule has 112 valence electrons. The summed E-state index contributed by atoms with van der Waals surface area (Å²) >= 11 is 3.33. The standard InChI is InChI=1S/C15H17BrN2O2S/c1-11-4-5-14(16)10-15(11)21(19,20)18(3)12(2)13-6-8-17-9-7-13/h4-10,12H,1-3H3. The van der Waals surface area contributed by atoms with E-state index in [1.54, 1.807) is 38.5 Å². The Morgan fingerprint density at radius 2 is 1.81 bits per heavy atom. The van der Waals surface area contributed by atoms with Gasteiger partial charge in [-0.1, -0.05) is 22.0 Å². The maximum atomic E-state index is 12.8. The second-order valence-electron chi connectivity index (χ2n) is 4.89. The Kier molecular flexibility index (Phi) is 4.81. The molecule has 1 heterocycles. The summed E-state index contributed by atoms with van der Waals surface area (Å²) in [4.78, 5) is 4.28. The number of aryl methyl sites for hydroxylation is 1. The molecule has 1 unspecified atom stereocenters. The van der Waals surface area contributed by atoms with Crippen LogP contribution in [0.1, 0.15) is 24.1 Å². The van der Waals surface area contributed by atoms with Gasteiger partial charge in [0.15, 0.2) is 0 Å². The average Bonchev–Trinajstić information content (AvgIpc) is 2.49. The normalized spacial score (nSPS) is 13.4. The number of halogens is 1. The van der Waals surface area contributed by atoms with Gasteiger partial charge in [-0.2, -0.15) is 4.31 Å².